The molecule has 0 radical (unpaired) electrons. The van der Waals surface area contributed by atoms with Crippen molar-refractivity contribution in [2.45, 2.75) is 119 Å². The zero-order valence-electron chi connectivity index (χ0n) is 71.0. The summed E-state index contributed by atoms with van der Waals surface area (Å²) >= 11 is 14.0. The van der Waals surface area contributed by atoms with E-state index < -0.39 is 18.1 Å². The van der Waals surface area contributed by atoms with E-state index in [0.717, 1.165) is 55.4 Å². The molecule has 6 atom stereocenters. The molecule has 0 aliphatic carbocycles. The lowest BCUT2D eigenvalue weighted by atomic mass is 9.90. The van der Waals surface area contributed by atoms with Crippen molar-refractivity contribution < 1.29 is 28.8 Å². The zero-order chi connectivity index (χ0) is 88.7. The summed E-state index contributed by atoms with van der Waals surface area (Å²) in [6.45, 7) is 7.80. The summed E-state index contributed by atoms with van der Waals surface area (Å²) in [5, 5.41) is 30.6. The smallest absolute Gasteiger partial charge is 0.254 e. The van der Waals surface area contributed by atoms with Crippen LogP contribution in [0.3, 0.4) is 0 Å². The molecule has 3 fully saturated rings. The molecule has 0 saturated carbocycles. The Morgan fingerprint density at radius 2 is 0.873 bits per heavy atom. The van der Waals surface area contributed by atoms with Crippen molar-refractivity contribution in [1.82, 2.24) is 56.4 Å². The standard InChI is InChI=1S/C35H42N8O2.C33H38N6O2S.C29H34Cl2N6O2/c1-25-30(23-40-43(25)29-16-9-4-10-17-29)33(44)39-22-28-19-21-42(34(45)32(41-28)18-11-20-38-35(36)37)24-31(26-12-5-2-6-13-26)27-14-7-3-8-15-27;34-33(35)36-17-7-12-29-32(41)39(22-28(23-8-3-1-4-9-23)24-10-5-2-6-11-24)18-15-27(38-29)21-37-31(40)26-13-14-30-25(20-26)16-19-42-30;30-23-10-9-20(25(31)17-23)11-14-37-15-12-24(36-26(28(37)39)6-3-13-34-29(32)33)18-35-27(38)22-8-7-19-4-1-2-5-21(19)16-22/h2-10,12-17,23,28,31-32,41H,11,18-22,24H2,1H3,(H,39,44)(H4,36,37,38);1-6,8-11,13-14,16,19-20,27-29,38H,7,12,15,17-18,21-22H2,(H,37,40)(H4,34,35,36);1-2,4-5,7-10,16-17,24,26,36H,3,6,11-15,18H2,(H,35,38)(H4,32,33,34)/t28-,32-;27-,29-;24-,26-/m000/s1. The number of amides is 6. The van der Waals surface area contributed by atoms with E-state index in [1.54, 1.807) is 34.3 Å². The SMILES string of the molecule is Cc1c(C(=O)NC[C@@H]2CCN(CC(c3ccccc3)c3ccccc3)C(=O)[C@H](CCCN=C(N)N)N2)cnn1-c1ccccc1.NC(N)=NCCC[C@@H]1N[C@H](CNC(=O)c2ccc3ccccc3c2)CCN(CCc2ccc(Cl)cc2Cl)C1=O.NC(N)=NCCC[C@@H]1N[C@H](CNC(=O)c2ccc3sccc3c2)CCN(CC(c2ccccc2)c2ccccc2)C1=O. The van der Waals surface area contributed by atoms with Gasteiger partial charge in [0.25, 0.3) is 17.7 Å². The van der Waals surface area contributed by atoms with E-state index >= 15 is 0 Å². The van der Waals surface area contributed by atoms with Crippen LogP contribution in [0.1, 0.15) is 134 Å². The minimum Gasteiger partial charge on any atom is -0.370 e. The van der Waals surface area contributed by atoms with Gasteiger partial charge in [0.05, 0.1) is 41.3 Å². The molecule has 126 heavy (non-hydrogen) atoms. The summed E-state index contributed by atoms with van der Waals surface area (Å²) in [4.78, 5) is 98.8. The Morgan fingerprint density at radius 1 is 0.468 bits per heavy atom. The van der Waals surface area contributed by atoms with Crippen molar-refractivity contribution >= 4 is 109 Å². The fourth-order valence-electron chi connectivity index (χ4n) is 16.3. The van der Waals surface area contributed by atoms with Gasteiger partial charge in [-0.25, -0.2) is 4.68 Å². The first kappa shape index (κ1) is 92.7. The average molecular weight is 1760 g/mol. The van der Waals surface area contributed by atoms with Gasteiger partial charge >= 0.3 is 0 Å². The van der Waals surface area contributed by atoms with Gasteiger partial charge in [-0.15, -0.1) is 11.3 Å². The number of para-hydroxylation sites is 1. The number of nitrogens with zero attached hydrogens (tertiary/aromatic N) is 8. The molecule has 26 nitrogen and oxygen atoms in total. The topological polar surface area (TPSA) is 395 Å². The van der Waals surface area contributed by atoms with Gasteiger partial charge in [-0.2, -0.15) is 5.10 Å². The first-order valence-electron chi connectivity index (χ1n) is 43.0. The molecule has 2 aromatic heterocycles. The van der Waals surface area contributed by atoms with Gasteiger partial charge in [-0.3, -0.25) is 43.7 Å². The molecule has 18 N–H and O–H groups in total. The highest BCUT2D eigenvalue weighted by Gasteiger charge is 2.36. The number of guanidine groups is 3. The van der Waals surface area contributed by atoms with Gasteiger partial charge in [-0.1, -0.05) is 199 Å². The number of aliphatic imine (C=N–C) groups is 3. The second-order valence-corrected chi connectivity index (χ2v) is 33.6. The lowest BCUT2D eigenvalue weighted by Crippen LogP contribution is -2.49. The highest BCUT2D eigenvalue weighted by atomic mass is 35.5. The van der Waals surface area contributed by atoms with E-state index in [0.29, 0.717) is 163 Å². The minimum absolute atomic E-state index is 0.0214. The normalized spacial score (nSPS) is 17.2. The Hall–Kier alpha value is -12.5. The number of benzene rings is 9. The molecule has 5 heterocycles. The van der Waals surface area contributed by atoms with E-state index in [4.69, 9.17) is 57.6 Å². The number of carbonyl (C=O) groups is 6. The van der Waals surface area contributed by atoms with Crippen LogP contribution < -0.4 is 66.3 Å². The van der Waals surface area contributed by atoms with Crippen LogP contribution in [0.25, 0.3) is 26.5 Å². The molecule has 0 bridgehead atoms. The number of aromatic nitrogens is 2. The van der Waals surface area contributed by atoms with Crippen molar-refractivity contribution in [3.8, 4) is 5.69 Å². The number of nitrogens with one attached hydrogen (secondary N) is 6. The first-order chi connectivity index (χ1) is 61.2. The maximum absolute atomic E-state index is 14.0. The van der Waals surface area contributed by atoms with Gasteiger partial charge in [0.2, 0.25) is 17.7 Å². The summed E-state index contributed by atoms with van der Waals surface area (Å²) in [7, 11) is 0. The molecule has 11 aromatic rings. The van der Waals surface area contributed by atoms with Gasteiger partial charge in [0.15, 0.2) is 17.9 Å². The number of hydrogen-bond donors (Lipinski definition) is 12. The Bertz CT molecular complexity index is 5410. The van der Waals surface area contributed by atoms with Crippen LogP contribution in [0.5, 0.6) is 0 Å². The molecular formula is C97H114Cl2N20O6S. The maximum Gasteiger partial charge on any atom is 0.254 e. The maximum atomic E-state index is 14.0. The van der Waals surface area contributed by atoms with Crippen LogP contribution in [-0.2, 0) is 20.8 Å². The van der Waals surface area contributed by atoms with Crippen LogP contribution in [0.4, 0.5) is 0 Å². The first-order valence-corrected chi connectivity index (χ1v) is 44.7. The summed E-state index contributed by atoms with van der Waals surface area (Å²) in [5.74, 6) is -0.130. The fraction of sp³-hybridized carbons (Fsp3) is 0.320. The molecule has 658 valence electrons. The minimum atomic E-state index is -0.432. The number of halogens is 2. The number of nitrogens with two attached hydrogens (primary N) is 6. The highest BCUT2D eigenvalue weighted by molar-refractivity contribution is 7.17. The monoisotopic (exact) mass is 1760 g/mol. The number of hydrogen-bond acceptors (Lipinski definition) is 14. The van der Waals surface area contributed by atoms with Gasteiger partial charge in [0, 0.05) is 134 Å². The van der Waals surface area contributed by atoms with Crippen LogP contribution in [0.15, 0.2) is 263 Å². The fourth-order valence-corrected chi connectivity index (χ4v) is 17.5. The Kier molecular flexibility index (Phi) is 34.6. The molecule has 0 spiro atoms. The van der Waals surface area contributed by atoms with Crippen molar-refractivity contribution in [3.63, 3.8) is 0 Å². The molecule has 9 aromatic carbocycles. The largest absolute Gasteiger partial charge is 0.370 e. The predicted molar refractivity (Wildman–Crippen MR) is 506 cm³/mol. The average Bonchev–Trinajstić information content (AvgIpc) is 1.51. The van der Waals surface area contributed by atoms with Crippen molar-refractivity contribution in [3.05, 3.63) is 308 Å². The molecule has 0 unspecified atom stereocenters. The second-order valence-electron chi connectivity index (χ2n) is 31.8. The van der Waals surface area contributed by atoms with E-state index in [9.17, 15) is 28.8 Å². The second kappa shape index (κ2) is 47.0. The van der Waals surface area contributed by atoms with Crippen LogP contribution >= 0.6 is 34.5 Å². The Balaban J connectivity index is 0.000000172. The van der Waals surface area contributed by atoms with Gasteiger partial charge in [0.1, 0.15) is 0 Å². The van der Waals surface area contributed by atoms with E-state index in [1.807, 2.05) is 203 Å². The number of fused-ring (bicyclic) bond motifs is 2. The lowest BCUT2D eigenvalue weighted by Gasteiger charge is -2.29. The Morgan fingerprint density at radius 3 is 1.33 bits per heavy atom. The number of carbonyl (C=O) groups excluding carboxylic acids is 6. The summed E-state index contributed by atoms with van der Waals surface area (Å²) in [6, 6.07) is 76.3. The van der Waals surface area contributed by atoms with Crippen LogP contribution in [0.2, 0.25) is 10.0 Å². The summed E-state index contributed by atoms with van der Waals surface area (Å²) in [5.41, 5.74) is 42.0. The van der Waals surface area contributed by atoms with E-state index in [2.05, 4.69) is 101 Å². The van der Waals surface area contributed by atoms with Gasteiger partial charge < -0.3 is 81.0 Å². The van der Waals surface area contributed by atoms with Crippen molar-refractivity contribution in [2.24, 2.45) is 49.4 Å². The summed E-state index contributed by atoms with van der Waals surface area (Å²) in [6.07, 6.45) is 8.01. The third kappa shape index (κ3) is 27.0. The third-order valence-corrected chi connectivity index (χ3v) is 24.5. The molecule has 6 amide bonds. The molecule has 3 aliphatic heterocycles. The molecule has 3 aliphatic rings. The van der Waals surface area contributed by atoms with Crippen molar-refractivity contribution in [2.75, 3.05) is 78.5 Å². The predicted octanol–water partition coefficient (Wildman–Crippen LogP) is 11.2. The number of thiophene rings is 1. The molecule has 3 saturated heterocycles. The lowest BCUT2D eigenvalue weighted by molar-refractivity contribution is -0.133. The van der Waals surface area contributed by atoms with Gasteiger partial charge in [-0.05, 0) is 181 Å². The highest BCUT2D eigenvalue weighted by Crippen LogP contribution is 2.31. The summed E-state index contributed by atoms with van der Waals surface area (Å²) < 4.78 is 2.92. The molecular weight excluding hydrogens is 1640 g/mol. The Labute approximate surface area is 750 Å². The van der Waals surface area contributed by atoms with E-state index in [1.165, 1.54) is 11.1 Å². The zero-order valence-corrected chi connectivity index (χ0v) is 73.3. The van der Waals surface area contributed by atoms with E-state index in [-0.39, 0.29) is 83.3 Å². The molecule has 14 rings (SSSR count). The number of rotatable bonds is 33. The quantitative estimate of drug-likeness (QED) is 0.0103. The molecule has 29 heteroatoms. The van der Waals surface area contributed by atoms with Crippen LogP contribution in [-0.4, -0.2) is 193 Å². The van der Waals surface area contributed by atoms with Crippen LogP contribution in [0, 0.1) is 6.92 Å². The van der Waals surface area contributed by atoms with Crippen molar-refractivity contribution in [1.29, 1.82) is 0 Å². The third-order valence-electron chi connectivity index (χ3n) is 23.0.